The zero-order valence-corrected chi connectivity index (χ0v) is 13.0. The first-order valence-electron chi connectivity index (χ1n) is 7.05. The second-order valence-electron chi connectivity index (χ2n) is 5.22. The number of rotatable bonds is 6. The van der Waals surface area contributed by atoms with Gasteiger partial charge in [-0.05, 0) is 38.0 Å². The van der Waals surface area contributed by atoms with Crippen molar-refractivity contribution in [1.82, 2.24) is 0 Å². The van der Waals surface area contributed by atoms with Gasteiger partial charge in [-0.3, -0.25) is 4.79 Å². The van der Waals surface area contributed by atoms with E-state index < -0.39 is 5.38 Å². The monoisotopic (exact) mass is 302 g/mol. The second kappa shape index (κ2) is 7.28. The standard InChI is InChI=1S/C18H19ClO2/c1-13(2)21-16-10-6-7-14(11-16)12-17(19)18(20)15-8-4-3-5-9-15/h3-11,13,17H,12H2,1-2H3. The molecule has 0 spiro atoms. The Morgan fingerprint density at radius 1 is 1.10 bits per heavy atom. The molecule has 0 saturated heterocycles. The third kappa shape index (κ3) is 4.61. The van der Waals surface area contributed by atoms with Gasteiger partial charge < -0.3 is 4.74 Å². The van der Waals surface area contributed by atoms with Crippen molar-refractivity contribution >= 4 is 17.4 Å². The number of benzene rings is 2. The van der Waals surface area contributed by atoms with Crippen LogP contribution in [0.2, 0.25) is 0 Å². The number of hydrogen-bond acceptors (Lipinski definition) is 2. The average Bonchev–Trinajstić information content (AvgIpc) is 2.47. The van der Waals surface area contributed by atoms with Crippen molar-refractivity contribution in [3.05, 3.63) is 65.7 Å². The number of ether oxygens (including phenoxy) is 1. The molecule has 0 N–H and O–H groups in total. The highest BCUT2D eigenvalue weighted by Gasteiger charge is 2.17. The molecule has 1 unspecified atom stereocenters. The third-order valence-corrected chi connectivity index (χ3v) is 3.38. The molecule has 0 aromatic heterocycles. The maximum Gasteiger partial charge on any atom is 0.180 e. The summed E-state index contributed by atoms with van der Waals surface area (Å²) in [6.45, 7) is 3.96. The van der Waals surface area contributed by atoms with Gasteiger partial charge in [0.15, 0.2) is 5.78 Å². The quantitative estimate of drug-likeness (QED) is 0.580. The molecule has 3 heteroatoms. The van der Waals surface area contributed by atoms with Gasteiger partial charge in [0.2, 0.25) is 0 Å². The van der Waals surface area contributed by atoms with Gasteiger partial charge >= 0.3 is 0 Å². The molecule has 1 atom stereocenters. The predicted octanol–water partition coefficient (Wildman–Crippen LogP) is 4.51. The summed E-state index contributed by atoms with van der Waals surface area (Å²) in [6.07, 6.45) is 0.614. The maximum atomic E-state index is 12.2. The molecule has 0 aliphatic heterocycles. The summed E-state index contributed by atoms with van der Waals surface area (Å²) in [4.78, 5) is 12.2. The molecule has 0 amide bonds. The van der Waals surface area contributed by atoms with Crippen molar-refractivity contribution in [3.63, 3.8) is 0 Å². The van der Waals surface area contributed by atoms with E-state index in [4.69, 9.17) is 16.3 Å². The maximum absolute atomic E-state index is 12.2. The summed E-state index contributed by atoms with van der Waals surface area (Å²) < 4.78 is 5.65. The molecule has 0 aliphatic carbocycles. The van der Waals surface area contributed by atoms with Crippen LogP contribution in [0.3, 0.4) is 0 Å². The van der Waals surface area contributed by atoms with Crippen LogP contribution in [0.25, 0.3) is 0 Å². The molecule has 0 saturated carbocycles. The minimum atomic E-state index is -0.568. The molecular formula is C18H19ClO2. The van der Waals surface area contributed by atoms with Gasteiger partial charge in [0.25, 0.3) is 0 Å². The highest BCUT2D eigenvalue weighted by Crippen LogP contribution is 2.19. The predicted molar refractivity (Wildman–Crippen MR) is 86.3 cm³/mol. The molecule has 2 nitrogen and oxygen atoms in total. The van der Waals surface area contributed by atoms with E-state index in [1.165, 1.54) is 0 Å². The van der Waals surface area contributed by atoms with E-state index in [0.717, 1.165) is 11.3 Å². The Morgan fingerprint density at radius 2 is 1.81 bits per heavy atom. The summed E-state index contributed by atoms with van der Waals surface area (Å²) in [7, 11) is 0. The lowest BCUT2D eigenvalue weighted by Gasteiger charge is -2.12. The van der Waals surface area contributed by atoms with Gasteiger partial charge in [-0.1, -0.05) is 42.5 Å². The van der Waals surface area contributed by atoms with Crippen molar-refractivity contribution < 1.29 is 9.53 Å². The van der Waals surface area contributed by atoms with E-state index >= 15 is 0 Å². The number of hydrogen-bond donors (Lipinski definition) is 0. The van der Waals surface area contributed by atoms with E-state index in [1.807, 2.05) is 56.3 Å². The first kappa shape index (κ1) is 15.6. The lowest BCUT2D eigenvalue weighted by atomic mass is 10.0. The van der Waals surface area contributed by atoms with Gasteiger partial charge in [-0.2, -0.15) is 0 Å². The average molecular weight is 303 g/mol. The molecule has 2 rings (SSSR count). The fourth-order valence-electron chi connectivity index (χ4n) is 2.10. The normalized spacial score (nSPS) is 12.2. The zero-order valence-electron chi connectivity index (χ0n) is 12.3. The van der Waals surface area contributed by atoms with E-state index in [0.29, 0.717) is 12.0 Å². The summed E-state index contributed by atoms with van der Waals surface area (Å²) in [5.74, 6) is 0.756. The molecule has 0 bridgehead atoms. The Morgan fingerprint density at radius 3 is 2.48 bits per heavy atom. The van der Waals surface area contributed by atoms with E-state index in [-0.39, 0.29) is 11.9 Å². The molecular weight excluding hydrogens is 284 g/mol. The van der Waals surface area contributed by atoms with Crippen LogP contribution >= 0.6 is 11.6 Å². The molecule has 0 aliphatic rings. The van der Waals surface area contributed by atoms with E-state index in [9.17, 15) is 4.79 Å². The van der Waals surface area contributed by atoms with Crippen LogP contribution in [0.1, 0.15) is 29.8 Å². The Balaban J connectivity index is 2.05. The molecule has 2 aromatic rings. The number of alkyl halides is 1. The number of halogens is 1. The molecule has 0 radical (unpaired) electrons. The van der Waals surface area contributed by atoms with Crippen LogP contribution in [0.15, 0.2) is 54.6 Å². The van der Waals surface area contributed by atoms with E-state index in [2.05, 4.69) is 0 Å². The van der Waals surface area contributed by atoms with Crippen molar-refractivity contribution in [2.75, 3.05) is 0 Å². The van der Waals surface area contributed by atoms with Gasteiger partial charge in [-0.15, -0.1) is 11.6 Å². The molecule has 0 fully saturated rings. The van der Waals surface area contributed by atoms with Crippen molar-refractivity contribution in [1.29, 1.82) is 0 Å². The van der Waals surface area contributed by atoms with Gasteiger partial charge in [0.05, 0.1) is 6.10 Å². The molecule has 21 heavy (non-hydrogen) atoms. The minimum absolute atomic E-state index is 0.0487. The summed E-state index contributed by atoms with van der Waals surface area (Å²) >= 11 is 6.27. The number of ketones is 1. The first-order valence-corrected chi connectivity index (χ1v) is 7.49. The highest BCUT2D eigenvalue weighted by atomic mass is 35.5. The van der Waals surface area contributed by atoms with Crippen molar-refractivity contribution in [3.8, 4) is 5.75 Å². The third-order valence-electron chi connectivity index (χ3n) is 3.03. The van der Waals surface area contributed by atoms with Gasteiger partial charge in [0.1, 0.15) is 11.1 Å². The van der Waals surface area contributed by atoms with Crippen molar-refractivity contribution in [2.45, 2.75) is 31.7 Å². The Hall–Kier alpha value is -1.80. The Bertz CT molecular complexity index is 593. The highest BCUT2D eigenvalue weighted by molar-refractivity contribution is 6.34. The summed E-state index contributed by atoms with van der Waals surface area (Å²) in [5.41, 5.74) is 1.64. The molecule has 2 aromatic carbocycles. The second-order valence-corrected chi connectivity index (χ2v) is 5.74. The van der Waals surface area contributed by atoms with Gasteiger partial charge in [0, 0.05) is 5.56 Å². The van der Waals surface area contributed by atoms with Crippen molar-refractivity contribution in [2.24, 2.45) is 0 Å². The van der Waals surface area contributed by atoms with Gasteiger partial charge in [-0.25, -0.2) is 0 Å². The fraction of sp³-hybridized carbons (Fsp3) is 0.278. The SMILES string of the molecule is CC(C)Oc1cccc(CC(Cl)C(=O)c2ccccc2)c1. The lowest BCUT2D eigenvalue weighted by molar-refractivity contribution is 0.0986. The van der Waals surface area contributed by atoms with Crippen LogP contribution in [0.4, 0.5) is 0 Å². The molecule has 110 valence electrons. The topological polar surface area (TPSA) is 26.3 Å². The largest absolute Gasteiger partial charge is 0.491 e. The lowest BCUT2D eigenvalue weighted by Crippen LogP contribution is -2.17. The van der Waals surface area contributed by atoms with Crippen LogP contribution < -0.4 is 4.74 Å². The minimum Gasteiger partial charge on any atom is -0.491 e. The zero-order chi connectivity index (χ0) is 15.2. The summed E-state index contributed by atoms with van der Waals surface area (Å²) in [6, 6.07) is 16.9. The number of carbonyl (C=O) groups is 1. The molecule has 0 heterocycles. The Labute approximate surface area is 130 Å². The van der Waals surface area contributed by atoms with Crippen LogP contribution in [0, 0.1) is 0 Å². The van der Waals surface area contributed by atoms with Crippen LogP contribution in [-0.4, -0.2) is 17.3 Å². The van der Waals surface area contributed by atoms with Crippen LogP contribution in [0.5, 0.6) is 5.75 Å². The first-order chi connectivity index (χ1) is 10.1. The number of carbonyl (C=O) groups excluding carboxylic acids is 1. The summed E-state index contributed by atoms with van der Waals surface area (Å²) in [5, 5.41) is -0.568. The number of Topliss-reactive ketones (excluding diaryl/α,β-unsaturated/α-hetero) is 1. The Kier molecular flexibility index (Phi) is 5.40. The fourth-order valence-corrected chi connectivity index (χ4v) is 2.40. The van der Waals surface area contributed by atoms with Crippen LogP contribution in [-0.2, 0) is 6.42 Å². The smallest absolute Gasteiger partial charge is 0.180 e. The van der Waals surface area contributed by atoms with E-state index in [1.54, 1.807) is 12.1 Å².